The van der Waals surface area contributed by atoms with Gasteiger partial charge < -0.3 is 24.9 Å². The summed E-state index contributed by atoms with van der Waals surface area (Å²) in [6.45, 7) is 2.04. The van der Waals surface area contributed by atoms with Crippen molar-refractivity contribution in [1.82, 2.24) is 5.32 Å². The van der Waals surface area contributed by atoms with E-state index in [1.807, 2.05) is 6.07 Å². The number of hydrogen-bond acceptors (Lipinski definition) is 5. The molecule has 2 aromatic rings. The number of nitrogens with two attached hydrogens (primary N) is 1. The van der Waals surface area contributed by atoms with Crippen LogP contribution in [0.25, 0.3) is 0 Å². The van der Waals surface area contributed by atoms with Crippen LogP contribution in [0.2, 0.25) is 0 Å². The summed E-state index contributed by atoms with van der Waals surface area (Å²) in [5.74, 6) is 2.08. The van der Waals surface area contributed by atoms with E-state index in [9.17, 15) is 4.79 Å². The van der Waals surface area contributed by atoms with Crippen LogP contribution in [-0.4, -0.2) is 25.7 Å². The molecule has 0 unspecified atom stereocenters. The summed E-state index contributed by atoms with van der Waals surface area (Å²) in [5, 5.41) is 3.09. The molecule has 1 saturated carbocycles. The maximum atomic E-state index is 12.5. The molecule has 1 aromatic carbocycles. The van der Waals surface area contributed by atoms with Gasteiger partial charge in [-0.1, -0.05) is 18.9 Å². The van der Waals surface area contributed by atoms with Crippen LogP contribution in [0.5, 0.6) is 11.5 Å². The van der Waals surface area contributed by atoms with Gasteiger partial charge in [-0.05, 0) is 36.6 Å². The van der Waals surface area contributed by atoms with Gasteiger partial charge in [0.1, 0.15) is 25.2 Å². The van der Waals surface area contributed by atoms with Crippen molar-refractivity contribution in [2.45, 2.75) is 37.6 Å². The van der Waals surface area contributed by atoms with Gasteiger partial charge in [0.25, 0.3) is 5.91 Å². The third kappa shape index (κ3) is 3.17. The highest BCUT2D eigenvalue weighted by atomic mass is 16.6. The van der Waals surface area contributed by atoms with Crippen molar-refractivity contribution in [3.05, 3.63) is 47.4 Å². The predicted octanol–water partition coefficient (Wildman–Crippen LogP) is 2.75. The van der Waals surface area contributed by atoms with E-state index in [2.05, 4.69) is 17.4 Å². The Morgan fingerprint density at radius 2 is 1.88 bits per heavy atom. The molecule has 1 fully saturated rings. The smallest absolute Gasteiger partial charge is 0.254 e. The van der Waals surface area contributed by atoms with E-state index in [-0.39, 0.29) is 17.9 Å². The first-order valence-electron chi connectivity index (χ1n) is 9.16. The fraction of sp³-hybridized carbons (Fsp3) is 0.450. The predicted molar refractivity (Wildman–Crippen MR) is 96.5 cm³/mol. The number of amides is 1. The summed E-state index contributed by atoms with van der Waals surface area (Å²) in [6, 6.07) is 7.86. The molecule has 3 N–H and O–H groups in total. The number of hydrogen-bond donors (Lipinski definition) is 2. The molecule has 0 bridgehead atoms. The van der Waals surface area contributed by atoms with Gasteiger partial charge in [0, 0.05) is 12.0 Å². The molecular weight excluding hydrogens is 332 g/mol. The summed E-state index contributed by atoms with van der Waals surface area (Å²) in [4.78, 5) is 12.5. The zero-order valence-electron chi connectivity index (χ0n) is 14.8. The highest BCUT2D eigenvalue weighted by molar-refractivity contribution is 5.94. The van der Waals surface area contributed by atoms with Gasteiger partial charge in [-0.3, -0.25) is 4.79 Å². The molecule has 2 heterocycles. The van der Waals surface area contributed by atoms with Crippen LogP contribution in [-0.2, 0) is 12.0 Å². The molecule has 1 aliphatic carbocycles. The molecule has 0 saturated heterocycles. The molecule has 0 atom stereocenters. The minimum Gasteiger partial charge on any atom is -0.486 e. The average molecular weight is 356 g/mol. The number of ether oxygens (including phenoxy) is 2. The van der Waals surface area contributed by atoms with Gasteiger partial charge in [-0.25, -0.2) is 0 Å². The highest BCUT2D eigenvalue weighted by Crippen LogP contribution is 2.43. The Hall–Kier alpha value is -2.47. The van der Waals surface area contributed by atoms with E-state index in [0.717, 1.165) is 37.2 Å². The van der Waals surface area contributed by atoms with E-state index in [0.29, 0.717) is 31.1 Å². The molecule has 26 heavy (non-hydrogen) atoms. The van der Waals surface area contributed by atoms with Crippen molar-refractivity contribution in [2.24, 2.45) is 5.73 Å². The Morgan fingerprint density at radius 1 is 1.12 bits per heavy atom. The van der Waals surface area contributed by atoms with Crippen molar-refractivity contribution >= 4 is 5.91 Å². The first-order valence-corrected chi connectivity index (χ1v) is 9.16. The summed E-state index contributed by atoms with van der Waals surface area (Å²) in [5.41, 5.74) is 7.20. The number of benzene rings is 1. The second-order valence-corrected chi connectivity index (χ2v) is 7.03. The van der Waals surface area contributed by atoms with Crippen molar-refractivity contribution in [3.8, 4) is 11.5 Å². The number of rotatable bonds is 5. The molecule has 6 heteroatoms. The van der Waals surface area contributed by atoms with Gasteiger partial charge in [-0.2, -0.15) is 0 Å². The molecule has 4 rings (SSSR count). The van der Waals surface area contributed by atoms with Crippen LogP contribution in [0.3, 0.4) is 0 Å². The topological polar surface area (TPSA) is 86.7 Å². The quantitative estimate of drug-likeness (QED) is 0.860. The number of nitrogens with one attached hydrogen (secondary N) is 1. The van der Waals surface area contributed by atoms with Crippen LogP contribution in [0, 0.1) is 0 Å². The molecule has 0 spiro atoms. The first kappa shape index (κ1) is 17.0. The zero-order valence-corrected chi connectivity index (χ0v) is 14.8. The van der Waals surface area contributed by atoms with Crippen LogP contribution in [0.15, 0.2) is 34.9 Å². The summed E-state index contributed by atoms with van der Waals surface area (Å²) < 4.78 is 16.6. The van der Waals surface area contributed by atoms with Gasteiger partial charge in [0.15, 0.2) is 11.5 Å². The SMILES string of the molecule is NCc1cc(C(=O)NCC2(c3ccc4c(c3)OCCO4)CCCC2)co1. The maximum absolute atomic E-state index is 12.5. The lowest BCUT2D eigenvalue weighted by Gasteiger charge is -2.31. The minimum atomic E-state index is -0.128. The number of carbonyl (C=O) groups excluding carboxylic acids is 1. The molecule has 1 amide bonds. The van der Waals surface area contributed by atoms with Gasteiger partial charge in [0.2, 0.25) is 0 Å². The van der Waals surface area contributed by atoms with E-state index in [1.54, 1.807) is 6.07 Å². The van der Waals surface area contributed by atoms with Crippen LogP contribution in [0.4, 0.5) is 0 Å². The van der Waals surface area contributed by atoms with Crippen molar-refractivity contribution in [1.29, 1.82) is 0 Å². The second kappa shape index (κ2) is 7.03. The molecule has 2 aliphatic rings. The normalized spacial score (nSPS) is 17.9. The highest BCUT2D eigenvalue weighted by Gasteiger charge is 2.37. The molecule has 6 nitrogen and oxygen atoms in total. The zero-order chi connectivity index (χ0) is 18.0. The standard InChI is InChI=1S/C20H24N2O4/c21-11-16-9-14(12-26-16)19(23)22-13-20(5-1-2-6-20)15-3-4-17-18(10-15)25-8-7-24-17/h3-4,9-10,12H,1-2,5-8,11,13,21H2,(H,22,23). The van der Waals surface area contributed by atoms with Gasteiger partial charge in [-0.15, -0.1) is 0 Å². The third-order valence-corrected chi connectivity index (χ3v) is 5.42. The van der Waals surface area contributed by atoms with Crippen molar-refractivity contribution in [2.75, 3.05) is 19.8 Å². The number of furan rings is 1. The minimum absolute atomic E-state index is 0.0636. The van der Waals surface area contributed by atoms with E-state index >= 15 is 0 Å². The number of carbonyl (C=O) groups is 1. The first-order chi connectivity index (χ1) is 12.7. The number of fused-ring (bicyclic) bond motifs is 1. The lowest BCUT2D eigenvalue weighted by atomic mass is 9.78. The monoisotopic (exact) mass is 356 g/mol. The fourth-order valence-electron chi connectivity index (χ4n) is 3.95. The Morgan fingerprint density at radius 3 is 2.62 bits per heavy atom. The van der Waals surface area contributed by atoms with Crippen LogP contribution in [0.1, 0.15) is 47.4 Å². The summed E-state index contributed by atoms with van der Waals surface area (Å²) >= 11 is 0. The summed E-state index contributed by atoms with van der Waals surface area (Å²) in [6.07, 6.45) is 5.88. The van der Waals surface area contributed by atoms with Crippen molar-refractivity contribution in [3.63, 3.8) is 0 Å². The maximum Gasteiger partial charge on any atom is 0.254 e. The fourth-order valence-corrected chi connectivity index (χ4v) is 3.95. The van der Waals surface area contributed by atoms with Crippen molar-refractivity contribution < 1.29 is 18.7 Å². The molecule has 1 aliphatic heterocycles. The van der Waals surface area contributed by atoms with Crippen LogP contribution >= 0.6 is 0 Å². The second-order valence-electron chi connectivity index (χ2n) is 7.03. The Balaban J connectivity index is 1.52. The Bertz CT molecular complexity index is 793. The average Bonchev–Trinajstić information content (AvgIpc) is 3.36. The van der Waals surface area contributed by atoms with Crippen LogP contribution < -0.4 is 20.5 Å². The van der Waals surface area contributed by atoms with E-state index in [4.69, 9.17) is 19.6 Å². The largest absolute Gasteiger partial charge is 0.486 e. The molecule has 0 radical (unpaired) electrons. The third-order valence-electron chi connectivity index (χ3n) is 5.42. The van der Waals surface area contributed by atoms with E-state index in [1.165, 1.54) is 11.8 Å². The van der Waals surface area contributed by atoms with E-state index < -0.39 is 0 Å². The van der Waals surface area contributed by atoms with Gasteiger partial charge in [0.05, 0.1) is 12.1 Å². The summed E-state index contributed by atoms with van der Waals surface area (Å²) in [7, 11) is 0. The molecular formula is C20H24N2O4. The molecule has 1 aromatic heterocycles. The molecule has 138 valence electrons. The Kier molecular flexibility index (Phi) is 4.59. The lowest BCUT2D eigenvalue weighted by molar-refractivity contribution is 0.0942. The Labute approximate surface area is 152 Å². The van der Waals surface area contributed by atoms with Gasteiger partial charge >= 0.3 is 0 Å². The lowest BCUT2D eigenvalue weighted by Crippen LogP contribution is -2.39.